The molecule has 2 nitrogen and oxygen atoms in total. The molecule has 2 aromatic carbocycles. The van der Waals surface area contributed by atoms with E-state index in [1.807, 2.05) is 18.2 Å². The summed E-state index contributed by atoms with van der Waals surface area (Å²) in [6.07, 6.45) is -2.42. The molecule has 0 unspecified atom stereocenters. The van der Waals surface area contributed by atoms with E-state index in [1.54, 1.807) is 11.9 Å². The van der Waals surface area contributed by atoms with Crippen molar-refractivity contribution < 1.29 is 18.0 Å². The second-order valence-corrected chi connectivity index (χ2v) is 6.13. The Morgan fingerprint density at radius 3 is 2.46 bits per heavy atom. The maximum absolute atomic E-state index is 12.6. The van der Waals surface area contributed by atoms with Gasteiger partial charge < -0.3 is 4.90 Å². The third-order valence-electron chi connectivity index (χ3n) is 4.60. The summed E-state index contributed by atoms with van der Waals surface area (Å²) in [4.78, 5) is 14.2. The van der Waals surface area contributed by atoms with Gasteiger partial charge >= 0.3 is 6.18 Å². The highest BCUT2D eigenvalue weighted by Gasteiger charge is 2.31. The largest absolute Gasteiger partial charge is 0.416 e. The van der Waals surface area contributed by atoms with Gasteiger partial charge in [-0.2, -0.15) is 13.2 Å². The summed E-state index contributed by atoms with van der Waals surface area (Å²) in [6.45, 7) is 0. The topological polar surface area (TPSA) is 20.3 Å². The van der Waals surface area contributed by atoms with Crippen molar-refractivity contribution in [2.75, 3.05) is 7.05 Å². The first-order valence-electron chi connectivity index (χ1n) is 7.86. The van der Waals surface area contributed by atoms with E-state index in [4.69, 9.17) is 0 Å². The SMILES string of the molecule is CN(C(=O)Cc1ccc(C(F)(F)F)cc1)[C@H]1CCc2ccccc21. The van der Waals surface area contributed by atoms with Crippen LogP contribution in [0.1, 0.15) is 34.7 Å². The van der Waals surface area contributed by atoms with E-state index in [1.165, 1.54) is 23.3 Å². The van der Waals surface area contributed by atoms with Crippen molar-refractivity contribution in [1.29, 1.82) is 0 Å². The van der Waals surface area contributed by atoms with Crippen LogP contribution in [-0.2, 0) is 23.8 Å². The number of hydrogen-bond acceptors (Lipinski definition) is 1. The molecule has 0 N–H and O–H groups in total. The van der Waals surface area contributed by atoms with Crippen molar-refractivity contribution in [3.63, 3.8) is 0 Å². The lowest BCUT2D eigenvalue weighted by atomic mass is 10.1. The minimum atomic E-state index is -4.35. The van der Waals surface area contributed by atoms with Crippen molar-refractivity contribution in [2.24, 2.45) is 0 Å². The number of hydrogen-bond donors (Lipinski definition) is 0. The summed E-state index contributed by atoms with van der Waals surface area (Å²) < 4.78 is 37.7. The van der Waals surface area contributed by atoms with Crippen LogP contribution in [0.25, 0.3) is 0 Å². The number of carbonyl (C=O) groups is 1. The number of fused-ring (bicyclic) bond motifs is 1. The maximum Gasteiger partial charge on any atom is 0.416 e. The third-order valence-corrected chi connectivity index (χ3v) is 4.60. The summed E-state index contributed by atoms with van der Waals surface area (Å²) in [6, 6.07) is 12.9. The first-order valence-corrected chi connectivity index (χ1v) is 7.86. The van der Waals surface area contributed by atoms with Crippen LogP contribution < -0.4 is 0 Å². The predicted molar refractivity (Wildman–Crippen MR) is 85.4 cm³/mol. The minimum absolute atomic E-state index is 0.0446. The normalized spacial score (nSPS) is 16.8. The molecular formula is C19H18F3NO. The van der Waals surface area contributed by atoms with Gasteiger partial charge in [0.05, 0.1) is 18.0 Å². The molecule has 0 aromatic heterocycles. The quantitative estimate of drug-likeness (QED) is 0.815. The first kappa shape index (κ1) is 16.6. The lowest BCUT2D eigenvalue weighted by molar-refractivity contribution is -0.137. The Balaban J connectivity index is 1.69. The molecule has 0 aliphatic heterocycles. The van der Waals surface area contributed by atoms with Crippen LogP contribution in [0.4, 0.5) is 13.2 Å². The number of carbonyl (C=O) groups excluding carboxylic acids is 1. The van der Waals surface area contributed by atoms with Crippen LogP contribution in [-0.4, -0.2) is 17.9 Å². The summed E-state index contributed by atoms with van der Waals surface area (Å²) in [5.74, 6) is -0.0866. The highest BCUT2D eigenvalue weighted by Crippen LogP contribution is 2.35. The van der Waals surface area contributed by atoms with Crippen LogP contribution in [0.2, 0.25) is 0 Å². The van der Waals surface area contributed by atoms with Gasteiger partial charge in [-0.3, -0.25) is 4.79 Å². The molecule has 0 fully saturated rings. The molecule has 5 heteroatoms. The number of halogens is 3. The second-order valence-electron chi connectivity index (χ2n) is 6.13. The molecule has 0 heterocycles. The number of amides is 1. The number of likely N-dealkylation sites (N-methyl/N-ethyl adjacent to an activating group) is 1. The van der Waals surface area contributed by atoms with Gasteiger partial charge in [-0.05, 0) is 41.7 Å². The number of benzene rings is 2. The first-order chi connectivity index (χ1) is 11.4. The lowest BCUT2D eigenvalue weighted by Crippen LogP contribution is -2.31. The zero-order valence-corrected chi connectivity index (χ0v) is 13.3. The molecule has 1 amide bonds. The van der Waals surface area contributed by atoms with Crippen molar-refractivity contribution in [3.05, 3.63) is 70.8 Å². The molecule has 1 atom stereocenters. The Labute approximate surface area is 138 Å². The smallest absolute Gasteiger partial charge is 0.338 e. The molecule has 0 bridgehead atoms. The molecule has 3 rings (SSSR count). The zero-order valence-electron chi connectivity index (χ0n) is 13.3. The fourth-order valence-corrected chi connectivity index (χ4v) is 3.22. The highest BCUT2D eigenvalue weighted by molar-refractivity contribution is 5.79. The van der Waals surface area contributed by atoms with Crippen LogP contribution in [0.5, 0.6) is 0 Å². The Morgan fingerprint density at radius 1 is 1.12 bits per heavy atom. The van der Waals surface area contributed by atoms with Gasteiger partial charge in [0.1, 0.15) is 0 Å². The Kier molecular flexibility index (Phi) is 4.35. The standard InChI is InChI=1S/C19H18F3NO/c1-23(17-11-8-14-4-2-3-5-16(14)17)18(24)12-13-6-9-15(10-7-13)19(20,21)22/h2-7,9-10,17H,8,11-12H2,1H3/t17-/m0/s1. The van der Waals surface area contributed by atoms with E-state index in [0.29, 0.717) is 5.56 Å². The lowest BCUT2D eigenvalue weighted by Gasteiger charge is -2.25. The van der Waals surface area contributed by atoms with Gasteiger partial charge in [-0.25, -0.2) is 0 Å². The second kappa shape index (κ2) is 6.30. The van der Waals surface area contributed by atoms with Crippen LogP contribution in [0, 0.1) is 0 Å². The molecule has 0 saturated heterocycles. The van der Waals surface area contributed by atoms with E-state index < -0.39 is 11.7 Å². The van der Waals surface area contributed by atoms with Crippen LogP contribution in [0.15, 0.2) is 48.5 Å². The molecule has 24 heavy (non-hydrogen) atoms. The predicted octanol–water partition coefficient (Wildman–Crippen LogP) is 4.39. The van der Waals surface area contributed by atoms with E-state index in [0.717, 1.165) is 25.0 Å². The van der Waals surface area contributed by atoms with E-state index in [9.17, 15) is 18.0 Å². The number of nitrogens with zero attached hydrogens (tertiary/aromatic N) is 1. The van der Waals surface area contributed by atoms with Gasteiger partial charge in [0.2, 0.25) is 5.91 Å². The number of aryl methyl sites for hydroxylation is 1. The molecule has 0 radical (unpaired) electrons. The van der Waals surface area contributed by atoms with Crippen molar-refractivity contribution in [2.45, 2.75) is 31.5 Å². The Hall–Kier alpha value is -2.30. The molecule has 126 valence electrons. The Morgan fingerprint density at radius 2 is 1.79 bits per heavy atom. The molecule has 1 aliphatic rings. The molecule has 0 saturated carbocycles. The van der Waals surface area contributed by atoms with Gasteiger partial charge in [-0.1, -0.05) is 36.4 Å². The minimum Gasteiger partial charge on any atom is -0.338 e. The molecule has 2 aromatic rings. The summed E-state index contributed by atoms with van der Waals surface area (Å²) in [7, 11) is 1.76. The van der Waals surface area contributed by atoms with Gasteiger partial charge in [0.15, 0.2) is 0 Å². The van der Waals surface area contributed by atoms with Gasteiger partial charge in [-0.15, -0.1) is 0 Å². The third kappa shape index (κ3) is 3.30. The maximum atomic E-state index is 12.6. The fraction of sp³-hybridized carbons (Fsp3) is 0.316. The monoisotopic (exact) mass is 333 g/mol. The van der Waals surface area contributed by atoms with Gasteiger partial charge in [0.25, 0.3) is 0 Å². The van der Waals surface area contributed by atoms with E-state index in [2.05, 4.69) is 6.07 Å². The number of rotatable bonds is 3. The summed E-state index contributed by atoms with van der Waals surface area (Å²) in [5, 5.41) is 0. The Bertz CT molecular complexity index is 737. The van der Waals surface area contributed by atoms with E-state index in [-0.39, 0.29) is 18.4 Å². The highest BCUT2D eigenvalue weighted by atomic mass is 19.4. The summed E-state index contributed by atoms with van der Waals surface area (Å²) >= 11 is 0. The molecule has 0 spiro atoms. The fourth-order valence-electron chi connectivity index (χ4n) is 3.22. The van der Waals surface area contributed by atoms with Crippen molar-refractivity contribution in [3.8, 4) is 0 Å². The van der Waals surface area contributed by atoms with Crippen LogP contribution in [0.3, 0.4) is 0 Å². The van der Waals surface area contributed by atoms with Crippen LogP contribution >= 0.6 is 0 Å². The van der Waals surface area contributed by atoms with E-state index >= 15 is 0 Å². The molecule has 1 aliphatic carbocycles. The molecular weight excluding hydrogens is 315 g/mol. The van der Waals surface area contributed by atoms with Gasteiger partial charge in [0, 0.05) is 7.05 Å². The average molecular weight is 333 g/mol. The average Bonchev–Trinajstić information content (AvgIpc) is 2.97. The number of alkyl halides is 3. The van der Waals surface area contributed by atoms with Crippen molar-refractivity contribution >= 4 is 5.91 Å². The summed E-state index contributed by atoms with van der Waals surface area (Å²) in [5.41, 5.74) is 2.32. The van der Waals surface area contributed by atoms with Crippen molar-refractivity contribution in [1.82, 2.24) is 4.90 Å². The zero-order chi connectivity index (χ0) is 17.3.